The summed E-state index contributed by atoms with van der Waals surface area (Å²) in [6, 6.07) is 15.0. The van der Waals surface area contributed by atoms with Crippen LogP contribution in [0.2, 0.25) is 10.0 Å². The van der Waals surface area contributed by atoms with Crippen molar-refractivity contribution >= 4 is 69.7 Å². The fourth-order valence-electron chi connectivity index (χ4n) is 2.13. The van der Waals surface area contributed by atoms with Gasteiger partial charge in [-0.15, -0.1) is 10.2 Å². The molecule has 0 unspecified atom stereocenters. The monoisotopic (exact) mass is 482 g/mol. The van der Waals surface area contributed by atoms with E-state index in [-0.39, 0.29) is 11.7 Å². The summed E-state index contributed by atoms with van der Waals surface area (Å²) in [5.41, 5.74) is 5.21. The molecule has 0 saturated heterocycles. The maximum Gasteiger partial charge on any atom is 0.250 e. The minimum absolute atomic E-state index is 0.205. The second-order valence-electron chi connectivity index (χ2n) is 5.74. The molecule has 1 aromatic heterocycles. The van der Waals surface area contributed by atoms with Gasteiger partial charge >= 0.3 is 0 Å². The highest BCUT2D eigenvalue weighted by molar-refractivity contribution is 8.03. The standard InChI is InChI=1S/C19H16Cl2N4OS3/c1-12(13-6-8-15(20)9-7-13)22-23-17(26)11-28-19-25-24-18(29-19)27-10-14-4-2-3-5-16(14)21/h2-9H,10-11H2,1H3,(H,23,26)/b22-12+. The van der Waals surface area contributed by atoms with Gasteiger partial charge in [-0.2, -0.15) is 5.10 Å². The van der Waals surface area contributed by atoms with Gasteiger partial charge in [0.1, 0.15) is 0 Å². The highest BCUT2D eigenvalue weighted by Crippen LogP contribution is 2.32. The van der Waals surface area contributed by atoms with Crippen LogP contribution in [0, 0.1) is 0 Å². The lowest BCUT2D eigenvalue weighted by atomic mass is 10.1. The van der Waals surface area contributed by atoms with E-state index in [1.165, 1.54) is 23.1 Å². The van der Waals surface area contributed by atoms with Crippen LogP contribution in [0.5, 0.6) is 0 Å². The normalized spacial score (nSPS) is 11.5. The van der Waals surface area contributed by atoms with Crippen LogP contribution in [0.1, 0.15) is 18.1 Å². The van der Waals surface area contributed by atoms with Crippen molar-refractivity contribution in [3.63, 3.8) is 0 Å². The molecule has 1 amide bonds. The molecule has 0 atom stereocenters. The number of hydrazone groups is 1. The van der Waals surface area contributed by atoms with E-state index in [4.69, 9.17) is 23.2 Å². The Hall–Kier alpha value is -1.58. The summed E-state index contributed by atoms with van der Waals surface area (Å²) in [7, 11) is 0. The van der Waals surface area contributed by atoms with Crippen molar-refractivity contribution in [2.45, 2.75) is 21.4 Å². The van der Waals surface area contributed by atoms with Gasteiger partial charge in [0, 0.05) is 15.8 Å². The van der Waals surface area contributed by atoms with Gasteiger partial charge in [-0.3, -0.25) is 4.79 Å². The smallest absolute Gasteiger partial charge is 0.250 e. The van der Waals surface area contributed by atoms with Crippen LogP contribution >= 0.6 is 58.1 Å². The van der Waals surface area contributed by atoms with Crippen LogP contribution in [0.15, 0.2) is 62.3 Å². The van der Waals surface area contributed by atoms with Crippen molar-refractivity contribution in [1.82, 2.24) is 15.6 Å². The van der Waals surface area contributed by atoms with E-state index in [0.29, 0.717) is 10.7 Å². The number of amides is 1. The van der Waals surface area contributed by atoms with E-state index in [2.05, 4.69) is 20.7 Å². The zero-order valence-corrected chi connectivity index (χ0v) is 19.2. The number of thioether (sulfide) groups is 2. The molecule has 0 spiro atoms. The number of hydrogen-bond acceptors (Lipinski definition) is 7. The highest BCUT2D eigenvalue weighted by Gasteiger charge is 2.10. The molecule has 1 N–H and O–H groups in total. The van der Waals surface area contributed by atoms with Crippen LogP contribution in [-0.4, -0.2) is 27.6 Å². The average molecular weight is 483 g/mol. The van der Waals surface area contributed by atoms with E-state index in [1.807, 2.05) is 43.3 Å². The lowest BCUT2D eigenvalue weighted by molar-refractivity contribution is -0.118. The number of halogens is 2. The molecule has 0 fully saturated rings. The third kappa shape index (κ3) is 7.01. The molecule has 0 bridgehead atoms. The Balaban J connectivity index is 1.45. The van der Waals surface area contributed by atoms with Gasteiger partial charge < -0.3 is 0 Å². The summed E-state index contributed by atoms with van der Waals surface area (Å²) in [5, 5.41) is 13.8. The van der Waals surface area contributed by atoms with E-state index in [0.717, 1.165) is 30.6 Å². The summed E-state index contributed by atoms with van der Waals surface area (Å²) in [6.45, 7) is 1.82. The predicted octanol–water partition coefficient (Wildman–Crippen LogP) is 5.77. The van der Waals surface area contributed by atoms with Gasteiger partial charge in [0.15, 0.2) is 8.68 Å². The first-order chi connectivity index (χ1) is 14.0. The zero-order valence-electron chi connectivity index (χ0n) is 15.3. The predicted molar refractivity (Wildman–Crippen MR) is 123 cm³/mol. The topological polar surface area (TPSA) is 67.2 Å². The van der Waals surface area contributed by atoms with Crippen molar-refractivity contribution < 1.29 is 4.79 Å². The molecule has 3 rings (SSSR count). The van der Waals surface area contributed by atoms with E-state index in [1.54, 1.807) is 23.9 Å². The second-order valence-corrected chi connectivity index (χ2v) is 10.0. The number of benzene rings is 2. The van der Waals surface area contributed by atoms with E-state index in [9.17, 15) is 4.79 Å². The van der Waals surface area contributed by atoms with Crippen LogP contribution in [-0.2, 0) is 10.5 Å². The molecule has 0 radical (unpaired) electrons. The molecule has 29 heavy (non-hydrogen) atoms. The van der Waals surface area contributed by atoms with Gasteiger partial charge in [0.05, 0.1) is 11.5 Å². The van der Waals surface area contributed by atoms with Gasteiger partial charge in [0.2, 0.25) is 0 Å². The van der Waals surface area contributed by atoms with Crippen molar-refractivity contribution in [1.29, 1.82) is 0 Å². The van der Waals surface area contributed by atoms with Gasteiger partial charge in [-0.05, 0) is 36.2 Å². The summed E-state index contributed by atoms with van der Waals surface area (Å²) in [6.07, 6.45) is 0. The number of carbonyl (C=O) groups is 1. The number of nitrogens with one attached hydrogen (secondary N) is 1. The highest BCUT2D eigenvalue weighted by atomic mass is 35.5. The van der Waals surface area contributed by atoms with Gasteiger partial charge in [0.25, 0.3) is 5.91 Å². The summed E-state index contributed by atoms with van der Waals surface area (Å²) >= 11 is 16.4. The quantitative estimate of drug-likeness (QED) is 0.250. The minimum atomic E-state index is -0.205. The van der Waals surface area contributed by atoms with Crippen molar-refractivity contribution in [2.24, 2.45) is 5.10 Å². The number of hydrogen-bond donors (Lipinski definition) is 1. The van der Waals surface area contributed by atoms with Crippen molar-refractivity contribution in [3.05, 3.63) is 69.7 Å². The maximum absolute atomic E-state index is 12.0. The van der Waals surface area contributed by atoms with E-state index < -0.39 is 0 Å². The molecule has 0 saturated carbocycles. The minimum Gasteiger partial charge on any atom is -0.272 e. The number of carbonyl (C=O) groups excluding carboxylic acids is 1. The SMILES string of the molecule is C/C(=N\NC(=O)CSc1nnc(SCc2ccccc2Cl)s1)c1ccc(Cl)cc1. The lowest BCUT2D eigenvalue weighted by Crippen LogP contribution is -2.21. The maximum atomic E-state index is 12.0. The Morgan fingerprint density at radius 1 is 1.07 bits per heavy atom. The first-order valence-electron chi connectivity index (χ1n) is 8.43. The van der Waals surface area contributed by atoms with Crippen molar-refractivity contribution in [2.75, 3.05) is 5.75 Å². The second kappa shape index (κ2) is 11.0. The van der Waals surface area contributed by atoms with Crippen molar-refractivity contribution in [3.8, 4) is 0 Å². The van der Waals surface area contributed by atoms with Crippen LogP contribution in [0.4, 0.5) is 0 Å². The van der Waals surface area contributed by atoms with Gasteiger partial charge in [-0.1, -0.05) is 88.4 Å². The average Bonchev–Trinajstić information content (AvgIpc) is 3.18. The Labute approximate surface area is 191 Å². The third-order valence-corrected chi connectivity index (χ3v) is 7.49. The molecular weight excluding hydrogens is 467 g/mol. The zero-order chi connectivity index (χ0) is 20.6. The van der Waals surface area contributed by atoms with Gasteiger partial charge in [-0.25, -0.2) is 5.43 Å². The first-order valence-corrected chi connectivity index (χ1v) is 12.0. The van der Waals surface area contributed by atoms with Crippen LogP contribution < -0.4 is 5.43 Å². The molecule has 2 aromatic carbocycles. The Morgan fingerprint density at radius 2 is 1.76 bits per heavy atom. The molecule has 150 valence electrons. The van der Waals surface area contributed by atoms with Crippen LogP contribution in [0.3, 0.4) is 0 Å². The molecule has 3 aromatic rings. The Kier molecular flexibility index (Phi) is 8.38. The van der Waals surface area contributed by atoms with Crippen LogP contribution in [0.25, 0.3) is 0 Å². The fraction of sp³-hybridized carbons (Fsp3) is 0.158. The number of nitrogens with zero attached hydrogens (tertiary/aromatic N) is 3. The number of aromatic nitrogens is 2. The fourth-order valence-corrected chi connectivity index (χ4v) is 5.35. The first kappa shape index (κ1) is 22.1. The molecule has 5 nitrogen and oxygen atoms in total. The largest absolute Gasteiger partial charge is 0.272 e. The molecule has 0 aliphatic heterocycles. The lowest BCUT2D eigenvalue weighted by Gasteiger charge is -2.02. The molecule has 1 heterocycles. The third-order valence-electron chi connectivity index (χ3n) is 3.63. The summed E-state index contributed by atoms with van der Waals surface area (Å²) < 4.78 is 1.57. The van der Waals surface area contributed by atoms with E-state index >= 15 is 0 Å². The molecule has 10 heteroatoms. The molecule has 0 aliphatic carbocycles. The summed E-state index contributed by atoms with van der Waals surface area (Å²) in [4.78, 5) is 12.0. The Bertz CT molecular complexity index is 1010. The molecular formula is C19H16Cl2N4OS3. The molecule has 0 aliphatic rings. The number of rotatable bonds is 8. The Morgan fingerprint density at radius 3 is 2.48 bits per heavy atom. The summed E-state index contributed by atoms with van der Waals surface area (Å²) in [5.74, 6) is 0.725.